The normalized spacial score (nSPS) is 11.3. The molecule has 0 unspecified atom stereocenters. The van der Waals surface area contributed by atoms with Gasteiger partial charge in [0.2, 0.25) is 0 Å². The minimum Gasteiger partial charge on any atom is -0.302 e. The van der Waals surface area contributed by atoms with Crippen molar-refractivity contribution in [3.05, 3.63) is 32.3 Å². The fourth-order valence-corrected chi connectivity index (χ4v) is 2.52. The number of hydrogen-bond acceptors (Lipinski definition) is 5. The fraction of sp³-hybridized carbons (Fsp3) is 0.273. The summed E-state index contributed by atoms with van der Waals surface area (Å²) in [6.45, 7) is 5.53. The second kappa shape index (κ2) is 3.74. The van der Waals surface area contributed by atoms with Gasteiger partial charge < -0.3 is 4.98 Å². The maximum Gasteiger partial charge on any atom is 0.277 e. The minimum atomic E-state index is -0.191. The molecule has 0 saturated heterocycles. The molecule has 0 bridgehead atoms. The predicted molar refractivity (Wildman–Crippen MR) is 68.9 cm³/mol. The van der Waals surface area contributed by atoms with Gasteiger partial charge in [-0.05, 0) is 20.8 Å². The number of fused-ring (bicyclic) bond motifs is 1. The van der Waals surface area contributed by atoms with E-state index in [4.69, 9.17) is 0 Å². The summed E-state index contributed by atoms with van der Waals surface area (Å²) in [5.41, 5.74) is 1.66. The van der Waals surface area contributed by atoms with Crippen LogP contribution < -0.4 is 5.56 Å². The molecule has 3 aromatic heterocycles. The molecular weight excluding hydrogens is 250 g/mol. The molecule has 0 atom stereocenters. The maximum absolute atomic E-state index is 12.0. The number of nitrogens with one attached hydrogen (secondary N) is 1. The van der Waals surface area contributed by atoms with Gasteiger partial charge in [-0.3, -0.25) is 4.79 Å². The summed E-state index contributed by atoms with van der Waals surface area (Å²) in [7, 11) is 0. The van der Waals surface area contributed by atoms with Crippen molar-refractivity contribution in [3.8, 4) is 11.5 Å². The maximum atomic E-state index is 12.0. The zero-order valence-electron chi connectivity index (χ0n) is 10.2. The van der Waals surface area contributed by atoms with Crippen LogP contribution in [0.3, 0.4) is 0 Å². The van der Waals surface area contributed by atoms with Gasteiger partial charge in [0, 0.05) is 5.38 Å². The highest BCUT2D eigenvalue weighted by molar-refractivity contribution is 7.09. The van der Waals surface area contributed by atoms with Crippen molar-refractivity contribution in [2.45, 2.75) is 20.8 Å². The minimum absolute atomic E-state index is 0.191. The zero-order chi connectivity index (χ0) is 12.9. The summed E-state index contributed by atoms with van der Waals surface area (Å²) in [6, 6.07) is 0. The van der Waals surface area contributed by atoms with E-state index in [1.165, 1.54) is 11.3 Å². The molecule has 3 heterocycles. The predicted octanol–water partition coefficient (Wildman–Crippen LogP) is 1.47. The Bertz CT molecular complexity index is 797. The fourth-order valence-electron chi connectivity index (χ4n) is 1.92. The van der Waals surface area contributed by atoms with Crippen LogP contribution in [-0.2, 0) is 0 Å². The lowest BCUT2D eigenvalue weighted by atomic mass is 10.4. The second-order valence-electron chi connectivity index (χ2n) is 4.06. The quantitative estimate of drug-likeness (QED) is 0.719. The van der Waals surface area contributed by atoms with Crippen molar-refractivity contribution >= 4 is 16.9 Å². The molecule has 0 amide bonds. The number of aromatic nitrogens is 5. The van der Waals surface area contributed by atoms with Crippen LogP contribution in [0.2, 0.25) is 0 Å². The standard InChI is InChI=1S/C11H11N5OS/c1-5-9-11(17)14-10(8-4-18-7(3)13-8)15-16(9)6(2)12-5/h4H,1-3H3,(H,14,15,17). The molecule has 3 aromatic rings. The van der Waals surface area contributed by atoms with E-state index >= 15 is 0 Å². The number of nitrogens with zero attached hydrogens (tertiary/aromatic N) is 4. The van der Waals surface area contributed by atoms with Crippen molar-refractivity contribution in [1.82, 2.24) is 24.6 Å². The summed E-state index contributed by atoms with van der Waals surface area (Å²) >= 11 is 1.52. The zero-order valence-corrected chi connectivity index (χ0v) is 11.0. The van der Waals surface area contributed by atoms with Gasteiger partial charge >= 0.3 is 0 Å². The first-order valence-electron chi connectivity index (χ1n) is 5.45. The number of rotatable bonds is 1. The Morgan fingerprint density at radius 3 is 2.72 bits per heavy atom. The lowest BCUT2D eigenvalue weighted by Gasteiger charge is -1.99. The highest BCUT2D eigenvalue weighted by Crippen LogP contribution is 2.17. The van der Waals surface area contributed by atoms with E-state index < -0.39 is 0 Å². The van der Waals surface area contributed by atoms with Gasteiger partial charge in [-0.1, -0.05) is 0 Å². The molecule has 0 aliphatic rings. The topological polar surface area (TPSA) is 75.9 Å². The van der Waals surface area contributed by atoms with Gasteiger partial charge in [-0.25, -0.2) is 14.5 Å². The largest absolute Gasteiger partial charge is 0.302 e. The molecule has 0 aliphatic heterocycles. The Kier molecular flexibility index (Phi) is 2.30. The third-order valence-electron chi connectivity index (χ3n) is 2.70. The van der Waals surface area contributed by atoms with E-state index in [9.17, 15) is 4.79 Å². The van der Waals surface area contributed by atoms with E-state index in [1.807, 2.05) is 19.2 Å². The van der Waals surface area contributed by atoms with Crippen LogP contribution in [0.5, 0.6) is 0 Å². The molecule has 0 saturated carbocycles. The van der Waals surface area contributed by atoms with Gasteiger partial charge in [-0.2, -0.15) is 0 Å². The van der Waals surface area contributed by atoms with Crippen LogP contribution in [0.25, 0.3) is 17.0 Å². The van der Waals surface area contributed by atoms with Crippen LogP contribution in [-0.4, -0.2) is 24.6 Å². The van der Waals surface area contributed by atoms with Gasteiger partial charge in [0.25, 0.3) is 5.56 Å². The van der Waals surface area contributed by atoms with E-state index in [2.05, 4.69) is 20.1 Å². The first kappa shape index (κ1) is 11.1. The summed E-state index contributed by atoms with van der Waals surface area (Å²) in [4.78, 5) is 23.4. The van der Waals surface area contributed by atoms with Crippen LogP contribution in [0.4, 0.5) is 0 Å². The van der Waals surface area contributed by atoms with Crippen molar-refractivity contribution in [2.24, 2.45) is 0 Å². The Morgan fingerprint density at radius 1 is 1.28 bits per heavy atom. The first-order chi connectivity index (χ1) is 8.56. The van der Waals surface area contributed by atoms with Crippen LogP contribution in [0.1, 0.15) is 16.5 Å². The SMILES string of the molecule is Cc1nc(-c2nn3c(C)nc(C)c3c(=O)[nH]2)cs1. The lowest BCUT2D eigenvalue weighted by molar-refractivity contribution is 0.847. The summed E-state index contributed by atoms with van der Waals surface area (Å²) in [5.74, 6) is 1.17. The Labute approximate surface area is 106 Å². The Balaban J connectivity index is 2.34. The monoisotopic (exact) mass is 261 g/mol. The van der Waals surface area contributed by atoms with E-state index in [1.54, 1.807) is 11.4 Å². The molecule has 0 aromatic carbocycles. The third kappa shape index (κ3) is 1.55. The average Bonchev–Trinajstić information content (AvgIpc) is 2.84. The average molecular weight is 261 g/mol. The van der Waals surface area contributed by atoms with Crippen molar-refractivity contribution in [3.63, 3.8) is 0 Å². The first-order valence-corrected chi connectivity index (χ1v) is 6.33. The molecule has 7 heteroatoms. The molecule has 1 N–H and O–H groups in total. The van der Waals surface area contributed by atoms with Crippen LogP contribution in [0, 0.1) is 20.8 Å². The molecular formula is C11H11N5OS. The molecule has 0 radical (unpaired) electrons. The van der Waals surface area contributed by atoms with Gasteiger partial charge in [-0.15, -0.1) is 16.4 Å². The summed E-state index contributed by atoms with van der Waals surface area (Å²) in [6.07, 6.45) is 0. The molecule has 18 heavy (non-hydrogen) atoms. The molecule has 6 nitrogen and oxygen atoms in total. The van der Waals surface area contributed by atoms with Crippen LogP contribution >= 0.6 is 11.3 Å². The molecule has 92 valence electrons. The smallest absolute Gasteiger partial charge is 0.277 e. The third-order valence-corrected chi connectivity index (χ3v) is 3.47. The summed E-state index contributed by atoms with van der Waals surface area (Å²) in [5, 5.41) is 7.19. The van der Waals surface area contributed by atoms with Crippen molar-refractivity contribution < 1.29 is 0 Å². The van der Waals surface area contributed by atoms with Crippen LogP contribution in [0.15, 0.2) is 10.2 Å². The van der Waals surface area contributed by atoms with Crippen molar-refractivity contribution in [1.29, 1.82) is 0 Å². The number of thiazole rings is 1. The molecule has 3 rings (SSSR count). The van der Waals surface area contributed by atoms with Gasteiger partial charge in [0.1, 0.15) is 11.5 Å². The van der Waals surface area contributed by atoms with E-state index in [0.717, 1.165) is 5.01 Å². The van der Waals surface area contributed by atoms with Gasteiger partial charge in [0.15, 0.2) is 11.3 Å². The molecule has 0 fully saturated rings. The number of aromatic amines is 1. The highest BCUT2D eigenvalue weighted by atomic mass is 32.1. The Hall–Kier alpha value is -2.02. The number of aryl methyl sites for hydroxylation is 3. The van der Waals surface area contributed by atoms with E-state index in [-0.39, 0.29) is 5.56 Å². The summed E-state index contributed by atoms with van der Waals surface area (Å²) < 4.78 is 1.57. The molecule has 0 aliphatic carbocycles. The number of imidazole rings is 1. The second-order valence-corrected chi connectivity index (χ2v) is 5.12. The molecule has 0 spiro atoms. The number of hydrogen-bond donors (Lipinski definition) is 1. The van der Waals surface area contributed by atoms with E-state index in [0.29, 0.717) is 28.6 Å². The Morgan fingerprint density at radius 2 is 2.06 bits per heavy atom. The number of H-pyrrole nitrogens is 1. The van der Waals surface area contributed by atoms with Gasteiger partial charge in [0.05, 0.1) is 10.7 Å². The van der Waals surface area contributed by atoms with Crippen molar-refractivity contribution in [2.75, 3.05) is 0 Å². The lowest BCUT2D eigenvalue weighted by Crippen LogP contribution is -2.15. The highest BCUT2D eigenvalue weighted by Gasteiger charge is 2.13.